The van der Waals surface area contributed by atoms with E-state index in [-0.39, 0.29) is 0 Å². The average molecular weight is 234 g/mol. The van der Waals surface area contributed by atoms with Crippen molar-refractivity contribution >= 4 is 0 Å². The summed E-state index contributed by atoms with van der Waals surface area (Å²) in [6.45, 7) is 3.47. The van der Waals surface area contributed by atoms with Crippen LogP contribution in [0.25, 0.3) is 0 Å². The minimum Gasteiger partial charge on any atom is -0.354 e. The van der Waals surface area contributed by atoms with E-state index in [0.29, 0.717) is 6.04 Å². The van der Waals surface area contributed by atoms with E-state index in [2.05, 4.69) is 36.2 Å². The van der Waals surface area contributed by atoms with E-state index < -0.39 is 0 Å². The molecule has 2 heteroatoms. The van der Waals surface area contributed by atoms with Crippen molar-refractivity contribution in [2.24, 2.45) is 0 Å². The predicted molar refractivity (Wildman–Crippen MR) is 73.3 cm³/mol. The summed E-state index contributed by atoms with van der Waals surface area (Å²) in [7, 11) is 2.08. The Morgan fingerprint density at radius 3 is 2.94 bits per heavy atom. The molecule has 0 spiro atoms. The first-order valence-electron chi connectivity index (χ1n) is 7.21. The molecule has 0 radical (unpaired) electrons. The number of fused-ring (bicyclic) bond motifs is 1. The van der Waals surface area contributed by atoms with Gasteiger partial charge in [-0.15, -0.1) is 0 Å². The molecule has 2 nitrogen and oxygen atoms in total. The maximum absolute atomic E-state index is 3.44. The third-order valence-electron chi connectivity index (χ3n) is 3.93. The molecule has 96 valence electrons. The van der Waals surface area contributed by atoms with Crippen LogP contribution in [-0.2, 0) is 13.0 Å². The van der Waals surface area contributed by atoms with Gasteiger partial charge >= 0.3 is 0 Å². The SMILES string of the molecule is CCCCCCn1cc2c(c1)C(NC)CCC2. The van der Waals surface area contributed by atoms with Gasteiger partial charge in [0.2, 0.25) is 0 Å². The molecule has 0 amide bonds. The Morgan fingerprint density at radius 1 is 1.29 bits per heavy atom. The van der Waals surface area contributed by atoms with Crippen molar-refractivity contribution in [3.63, 3.8) is 0 Å². The normalized spacial score (nSPS) is 19.3. The molecule has 1 atom stereocenters. The highest BCUT2D eigenvalue weighted by Gasteiger charge is 2.20. The third kappa shape index (κ3) is 3.12. The highest BCUT2D eigenvalue weighted by Crippen LogP contribution is 2.30. The summed E-state index contributed by atoms with van der Waals surface area (Å²) in [5.41, 5.74) is 3.13. The quantitative estimate of drug-likeness (QED) is 0.743. The number of hydrogen-bond donors (Lipinski definition) is 1. The van der Waals surface area contributed by atoms with Crippen molar-refractivity contribution in [2.45, 2.75) is 64.5 Å². The summed E-state index contributed by atoms with van der Waals surface area (Å²) in [5.74, 6) is 0. The second kappa shape index (κ2) is 6.25. The third-order valence-corrected chi connectivity index (χ3v) is 3.93. The fourth-order valence-corrected chi connectivity index (χ4v) is 2.90. The molecule has 0 fully saturated rings. The van der Waals surface area contributed by atoms with E-state index in [4.69, 9.17) is 0 Å². The van der Waals surface area contributed by atoms with Crippen LogP contribution in [0.5, 0.6) is 0 Å². The minimum absolute atomic E-state index is 0.593. The summed E-state index contributed by atoms with van der Waals surface area (Å²) in [6, 6.07) is 0.593. The molecule has 2 rings (SSSR count). The van der Waals surface area contributed by atoms with E-state index >= 15 is 0 Å². The Kier molecular flexibility index (Phi) is 4.66. The van der Waals surface area contributed by atoms with Gasteiger partial charge in [-0.25, -0.2) is 0 Å². The van der Waals surface area contributed by atoms with Crippen molar-refractivity contribution in [3.05, 3.63) is 23.5 Å². The fraction of sp³-hybridized carbons (Fsp3) is 0.733. The molecule has 1 aliphatic carbocycles. The van der Waals surface area contributed by atoms with Gasteiger partial charge in [0.15, 0.2) is 0 Å². The van der Waals surface area contributed by atoms with Crippen molar-refractivity contribution in [2.75, 3.05) is 7.05 Å². The number of aromatic nitrogens is 1. The smallest absolute Gasteiger partial charge is 0.0335 e. The van der Waals surface area contributed by atoms with Gasteiger partial charge in [0.05, 0.1) is 0 Å². The summed E-state index contributed by atoms with van der Waals surface area (Å²) in [6.07, 6.45) is 14.0. The van der Waals surface area contributed by atoms with E-state index in [9.17, 15) is 0 Å². The minimum atomic E-state index is 0.593. The van der Waals surface area contributed by atoms with E-state index in [0.717, 1.165) is 0 Å². The lowest BCUT2D eigenvalue weighted by Crippen LogP contribution is -2.20. The van der Waals surface area contributed by atoms with Gasteiger partial charge in [0, 0.05) is 25.0 Å². The van der Waals surface area contributed by atoms with E-state index in [1.165, 1.54) is 51.5 Å². The molecule has 0 saturated carbocycles. The molecule has 1 heterocycles. The number of nitrogens with one attached hydrogen (secondary N) is 1. The van der Waals surface area contributed by atoms with Gasteiger partial charge in [-0.3, -0.25) is 0 Å². The lowest BCUT2D eigenvalue weighted by Gasteiger charge is -2.21. The van der Waals surface area contributed by atoms with Gasteiger partial charge in [0.1, 0.15) is 0 Å². The summed E-state index contributed by atoms with van der Waals surface area (Å²) >= 11 is 0. The molecule has 1 N–H and O–H groups in total. The number of unbranched alkanes of at least 4 members (excludes halogenated alkanes) is 3. The molecule has 17 heavy (non-hydrogen) atoms. The number of aryl methyl sites for hydroxylation is 2. The zero-order valence-corrected chi connectivity index (χ0v) is 11.3. The maximum Gasteiger partial charge on any atom is 0.0335 e. The van der Waals surface area contributed by atoms with Crippen LogP contribution in [-0.4, -0.2) is 11.6 Å². The standard InChI is InChI=1S/C15H26N2/c1-3-4-5-6-10-17-11-13-8-7-9-15(16-2)14(13)12-17/h11-12,15-16H,3-10H2,1-2H3. The molecule has 1 aromatic rings. The summed E-state index contributed by atoms with van der Waals surface area (Å²) in [5, 5.41) is 3.44. The van der Waals surface area contributed by atoms with E-state index in [1.54, 1.807) is 11.1 Å². The van der Waals surface area contributed by atoms with Crippen LogP contribution < -0.4 is 5.32 Å². The molecular formula is C15H26N2. The van der Waals surface area contributed by atoms with Crippen LogP contribution >= 0.6 is 0 Å². The summed E-state index contributed by atoms with van der Waals surface area (Å²) < 4.78 is 2.41. The van der Waals surface area contributed by atoms with Gasteiger partial charge in [-0.2, -0.15) is 0 Å². The molecule has 0 aliphatic heterocycles. The maximum atomic E-state index is 3.44. The largest absolute Gasteiger partial charge is 0.354 e. The molecule has 1 aromatic heterocycles. The molecule has 0 bridgehead atoms. The van der Waals surface area contributed by atoms with Crippen LogP contribution in [0.3, 0.4) is 0 Å². The first-order chi connectivity index (χ1) is 8.35. The lowest BCUT2D eigenvalue weighted by atomic mass is 9.91. The Bertz CT molecular complexity index is 341. The highest BCUT2D eigenvalue weighted by molar-refractivity contribution is 5.30. The predicted octanol–water partition coefficient (Wildman–Crippen LogP) is 3.67. The number of nitrogens with zero attached hydrogens (tertiary/aromatic N) is 1. The van der Waals surface area contributed by atoms with Crippen LogP contribution in [0, 0.1) is 0 Å². The number of rotatable bonds is 6. The molecular weight excluding hydrogens is 208 g/mol. The fourth-order valence-electron chi connectivity index (χ4n) is 2.90. The Labute approximate surface area is 105 Å². The molecule has 0 saturated heterocycles. The summed E-state index contributed by atoms with van der Waals surface area (Å²) in [4.78, 5) is 0. The van der Waals surface area contributed by atoms with Gasteiger partial charge in [-0.05, 0) is 43.9 Å². The molecule has 1 aliphatic rings. The lowest BCUT2D eigenvalue weighted by molar-refractivity contribution is 0.498. The van der Waals surface area contributed by atoms with Crippen LogP contribution in [0.2, 0.25) is 0 Å². The van der Waals surface area contributed by atoms with Crippen molar-refractivity contribution in [3.8, 4) is 0 Å². The average Bonchev–Trinajstić information content (AvgIpc) is 2.77. The van der Waals surface area contributed by atoms with Gasteiger partial charge in [0.25, 0.3) is 0 Å². The monoisotopic (exact) mass is 234 g/mol. The van der Waals surface area contributed by atoms with Crippen molar-refractivity contribution in [1.29, 1.82) is 0 Å². The zero-order valence-electron chi connectivity index (χ0n) is 11.3. The van der Waals surface area contributed by atoms with Crippen molar-refractivity contribution in [1.82, 2.24) is 9.88 Å². The molecule has 0 aromatic carbocycles. The van der Waals surface area contributed by atoms with Crippen LogP contribution in [0.1, 0.15) is 62.6 Å². The Morgan fingerprint density at radius 2 is 2.18 bits per heavy atom. The number of hydrogen-bond acceptors (Lipinski definition) is 1. The topological polar surface area (TPSA) is 17.0 Å². The molecule has 1 unspecified atom stereocenters. The van der Waals surface area contributed by atoms with Crippen LogP contribution in [0.4, 0.5) is 0 Å². The second-order valence-corrected chi connectivity index (χ2v) is 5.27. The van der Waals surface area contributed by atoms with E-state index in [1.807, 2.05) is 0 Å². The second-order valence-electron chi connectivity index (χ2n) is 5.27. The van der Waals surface area contributed by atoms with Crippen LogP contribution in [0.15, 0.2) is 12.4 Å². The highest BCUT2D eigenvalue weighted by atomic mass is 15.0. The first-order valence-corrected chi connectivity index (χ1v) is 7.21. The Balaban J connectivity index is 1.94. The Hall–Kier alpha value is -0.760. The van der Waals surface area contributed by atoms with Crippen molar-refractivity contribution < 1.29 is 0 Å². The first kappa shape index (κ1) is 12.7. The van der Waals surface area contributed by atoms with Gasteiger partial charge in [-0.1, -0.05) is 26.2 Å². The van der Waals surface area contributed by atoms with Gasteiger partial charge < -0.3 is 9.88 Å². The zero-order chi connectivity index (χ0) is 12.1.